The molecule has 0 aromatic heterocycles. The van der Waals surface area contributed by atoms with Gasteiger partial charge in [0.2, 0.25) is 11.8 Å². The molecule has 1 unspecified atom stereocenters. The van der Waals surface area contributed by atoms with Crippen molar-refractivity contribution >= 4 is 35.0 Å². The zero-order chi connectivity index (χ0) is 25.4. The molecule has 1 N–H and O–H groups in total. The molecule has 35 heavy (non-hydrogen) atoms. The van der Waals surface area contributed by atoms with Gasteiger partial charge in [0.05, 0.1) is 7.11 Å². The van der Waals surface area contributed by atoms with Gasteiger partial charge in [0.25, 0.3) is 0 Å². The van der Waals surface area contributed by atoms with Gasteiger partial charge < -0.3 is 15.0 Å². The first-order chi connectivity index (χ1) is 16.8. The highest BCUT2D eigenvalue weighted by Gasteiger charge is 2.33. The van der Waals surface area contributed by atoms with Crippen molar-refractivity contribution in [3.63, 3.8) is 0 Å². The molecule has 0 spiro atoms. The minimum Gasteiger partial charge on any atom is -0.497 e. The molecule has 0 radical (unpaired) electrons. The quantitative estimate of drug-likeness (QED) is 0.350. The highest BCUT2D eigenvalue weighted by Crippen LogP contribution is 2.27. The lowest BCUT2D eigenvalue weighted by Gasteiger charge is -2.35. The molecule has 3 aromatic rings. The number of rotatable bonds is 10. The van der Waals surface area contributed by atoms with Crippen molar-refractivity contribution in [1.82, 2.24) is 10.2 Å². The smallest absolute Gasteiger partial charge is 0.247 e. The number of nitrogens with zero attached hydrogens (tertiary/aromatic N) is 1. The van der Waals surface area contributed by atoms with E-state index < -0.39 is 6.04 Å². The van der Waals surface area contributed by atoms with E-state index in [-0.39, 0.29) is 24.3 Å². The molecular weight excluding hydrogens is 483 g/mol. The molecule has 2 amide bonds. The van der Waals surface area contributed by atoms with Gasteiger partial charge in [0.15, 0.2) is 0 Å². The maximum absolute atomic E-state index is 13.5. The van der Waals surface area contributed by atoms with Crippen LogP contribution in [-0.4, -0.2) is 29.9 Å². The molecule has 1 atom stereocenters. The number of amides is 2. The molecule has 5 nitrogen and oxygen atoms in total. The molecule has 0 aliphatic carbocycles. The van der Waals surface area contributed by atoms with Crippen LogP contribution < -0.4 is 10.1 Å². The highest BCUT2D eigenvalue weighted by molar-refractivity contribution is 6.30. The van der Waals surface area contributed by atoms with Gasteiger partial charge >= 0.3 is 0 Å². The topological polar surface area (TPSA) is 58.6 Å². The molecule has 0 bridgehead atoms. The van der Waals surface area contributed by atoms with Crippen molar-refractivity contribution in [1.29, 1.82) is 0 Å². The van der Waals surface area contributed by atoms with E-state index in [1.807, 2.05) is 50.2 Å². The highest BCUT2D eigenvalue weighted by atomic mass is 35.5. The van der Waals surface area contributed by atoms with Crippen LogP contribution in [0, 0.1) is 0 Å². The number of nitrogens with one attached hydrogen (secondary N) is 1. The van der Waals surface area contributed by atoms with Gasteiger partial charge in [-0.05, 0) is 73.4 Å². The Balaban J connectivity index is 1.81. The summed E-state index contributed by atoms with van der Waals surface area (Å²) in [6.07, 6.45) is 0.838. The zero-order valence-corrected chi connectivity index (χ0v) is 21.6. The number of halogens is 2. The Morgan fingerprint density at radius 2 is 1.40 bits per heavy atom. The third-order valence-corrected chi connectivity index (χ3v) is 6.23. The van der Waals surface area contributed by atoms with Crippen LogP contribution in [0.15, 0.2) is 72.8 Å². The van der Waals surface area contributed by atoms with Crippen LogP contribution in [0.4, 0.5) is 0 Å². The zero-order valence-electron chi connectivity index (χ0n) is 20.1. The maximum atomic E-state index is 13.5. The monoisotopic (exact) mass is 512 g/mol. The van der Waals surface area contributed by atoms with Crippen molar-refractivity contribution in [3.05, 3.63) is 99.5 Å². The number of carbonyl (C=O) groups excluding carboxylic acids is 2. The summed E-state index contributed by atoms with van der Waals surface area (Å²) in [7, 11) is 1.62. The fraction of sp³-hybridized carbons (Fsp3) is 0.286. The molecular formula is C28H30Cl2N2O3. The summed E-state index contributed by atoms with van der Waals surface area (Å²) in [4.78, 5) is 28.6. The van der Waals surface area contributed by atoms with Crippen LogP contribution in [-0.2, 0) is 22.6 Å². The van der Waals surface area contributed by atoms with E-state index in [2.05, 4.69) is 5.32 Å². The van der Waals surface area contributed by atoms with Crippen molar-refractivity contribution in [2.24, 2.45) is 0 Å². The Morgan fingerprint density at radius 1 is 0.857 bits per heavy atom. The normalized spacial score (nSPS) is 11.7. The van der Waals surface area contributed by atoms with Crippen LogP contribution in [0.3, 0.4) is 0 Å². The van der Waals surface area contributed by atoms with Gasteiger partial charge in [-0.2, -0.15) is 0 Å². The van der Waals surface area contributed by atoms with E-state index in [0.29, 0.717) is 28.6 Å². The average molecular weight is 513 g/mol. The summed E-state index contributed by atoms with van der Waals surface area (Å²) in [6.45, 7) is 4.16. The first kappa shape index (κ1) is 26.6. The lowest BCUT2D eigenvalue weighted by atomic mass is 10.0. The maximum Gasteiger partial charge on any atom is 0.247 e. The first-order valence-corrected chi connectivity index (χ1v) is 12.3. The third kappa shape index (κ3) is 7.48. The SMILES string of the molecule is COc1ccc(CCC(=O)N(C(C)C)C(C(=O)NCc2ccc(Cl)cc2)c2ccc(Cl)cc2)cc1. The summed E-state index contributed by atoms with van der Waals surface area (Å²) in [5.74, 6) is 0.412. The van der Waals surface area contributed by atoms with E-state index in [1.165, 1.54) is 0 Å². The van der Waals surface area contributed by atoms with Crippen molar-refractivity contribution in [3.8, 4) is 5.75 Å². The number of benzene rings is 3. The number of ether oxygens (including phenoxy) is 1. The second-order valence-electron chi connectivity index (χ2n) is 8.54. The fourth-order valence-electron chi connectivity index (χ4n) is 3.87. The second-order valence-corrected chi connectivity index (χ2v) is 9.41. The largest absolute Gasteiger partial charge is 0.497 e. The Morgan fingerprint density at radius 3 is 1.94 bits per heavy atom. The minimum absolute atomic E-state index is 0.0996. The van der Waals surface area contributed by atoms with E-state index >= 15 is 0 Å². The number of carbonyl (C=O) groups is 2. The molecule has 0 aliphatic heterocycles. The lowest BCUT2D eigenvalue weighted by Crippen LogP contribution is -2.47. The van der Waals surface area contributed by atoms with E-state index in [9.17, 15) is 9.59 Å². The number of hydrogen-bond acceptors (Lipinski definition) is 3. The summed E-state index contributed by atoms with van der Waals surface area (Å²) in [6, 6.07) is 21.0. The van der Waals surface area contributed by atoms with Gasteiger partial charge in [0.1, 0.15) is 11.8 Å². The van der Waals surface area contributed by atoms with Crippen molar-refractivity contribution < 1.29 is 14.3 Å². The Kier molecular flexibility index (Phi) is 9.58. The summed E-state index contributed by atoms with van der Waals surface area (Å²) < 4.78 is 5.20. The molecule has 0 aliphatic rings. The number of aryl methyl sites for hydroxylation is 1. The van der Waals surface area contributed by atoms with Gasteiger partial charge in [-0.1, -0.05) is 59.6 Å². The Bertz CT molecular complexity index is 1110. The third-order valence-electron chi connectivity index (χ3n) is 5.72. The molecule has 3 rings (SSSR count). The van der Waals surface area contributed by atoms with E-state index in [4.69, 9.17) is 27.9 Å². The number of methoxy groups -OCH3 is 1. The molecule has 0 fully saturated rings. The first-order valence-electron chi connectivity index (χ1n) is 11.5. The molecule has 3 aromatic carbocycles. The van der Waals surface area contributed by atoms with Gasteiger partial charge in [-0.3, -0.25) is 9.59 Å². The van der Waals surface area contributed by atoms with Crippen LogP contribution in [0.5, 0.6) is 5.75 Å². The van der Waals surface area contributed by atoms with Gasteiger partial charge in [0, 0.05) is 29.1 Å². The number of hydrogen-bond donors (Lipinski definition) is 1. The summed E-state index contributed by atoms with van der Waals surface area (Å²) in [5.41, 5.74) is 2.65. The van der Waals surface area contributed by atoms with Crippen molar-refractivity contribution in [2.45, 2.75) is 45.3 Å². The molecule has 0 saturated carbocycles. The summed E-state index contributed by atoms with van der Waals surface area (Å²) in [5, 5.41) is 4.18. The van der Waals surface area contributed by atoms with Gasteiger partial charge in [-0.15, -0.1) is 0 Å². The van der Waals surface area contributed by atoms with E-state index in [1.54, 1.807) is 48.4 Å². The van der Waals surface area contributed by atoms with Crippen molar-refractivity contribution in [2.75, 3.05) is 7.11 Å². The second kappa shape index (κ2) is 12.6. The van der Waals surface area contributed by atoms with Gasteiger partial charge in [-0.25, -0.2) is 0 Å². The molecule has 0 saturated heterocycles. The molecule has 184 valence electrons. The average Bonchev–Trinajstić information content (AvgIpc) is 2.86. The van der Waals surface area contributed by atoms with Crippen LogP contribution in [0.25, 0.3) is 0 Å². The molecule has 0 heterocycles. The fourth-order valence-corrected chi connectivity index (χ4v) is 4.13. The Hall–Kier alpha value is -3.02. The van der Waals surface area contributed by atoms with E-state index in [0.717, 1.165) is 16.9 Å². The minimum atomic E-state index is -0.789. The predicted molar refractivity (Wildman–Crippen MR) is 141 cm³/mol. The van der Waals surface area contributed by atoms with Crippen LogP contribution >= 0.6 is 23.2 Å². The van der Waals surface area contributed by atoms with Crippen LogP contribution in [0.2, 0.25) is 10.0 Å². The standard InChI is InChI=1S/C28H30Cl2N2O3/c1-19(2)32(26(33)17-8-20-6-15-25(35-3)16-7-20)27(22-9-13-24(30)14-10-22)28(34)31-18-21-4-11-23(29)12-5-21/h4-7,9-16,19,27H,8,17-18H2,1-3H3,(H,31,34). The molecule has 7 heteroatoms. The Labute approximate surface area is 217 Å². The lowest BCUT2D eigenvalue weighted by molar-refractivity contribution is -0.143. The van der Waals surface area contributed by atoms with Crippen LogP contribution in [0.1, 0.15) is 43.0 Å². The predicted octanol–water partition coefficient (Wildman–Crippen LogP) is 6.23. The summed E-state index contributed by atoms with van der Waals surface area (Å²) >= 11 is 12.1.